The van der Waals surface area contributed by atoms with E-state index in [2.05, 4.69) is 15.3 Å². The highest BCUT2D eigenvalue weighted by molar-refractivity contribution is 7.87. The first-order valence-corrected chi connectivity index (χ1v) is 11.0. The summed E-state index contributed by atoms with van der Waals surface area (Å²) in [4.78, 5) is 33.2. The van der Waals surface area contributed by atoms with E-state index in [-0.39, 0.29) is 11.6 Å². The number of benzene rings is 1. The minimum Gasteiger partial charge on any atom is -0.381 e. The molecule has 1 aliphatic rings. The van der Waals surface area contributed by atoms with E-state index in [4.69, 9.17) is 10.5 Å². The summed E-state index contributed by atoms with van der Waals surface area (Å²) in [5.74, 6) is -0.479. The van der Waals surface area contributed by atoms with E-state index >= 15 is 0 Å². The van der Waals surface area contributed by atoms with E-state index < -0.39 is 21.5 Å². The molecular formula is C21H26N4O4S. The Hall–Kier alpha value is -2.65. The molecule has 3 N–H and O–H groups in total. The molecule has 160 valence electrons. The number of carbonyl (C=O) groups excluding carboxylic acids is 2. The average molecular weight is 431 g/mol. The molecule has 1 saturated heterocycles. The van der Waals surface area contributed by atoms with Gasteiger partial charge in [-0.1, -0.05) is 26.0 Å². The van der Waals surface area contributed by atoms with Crippen LogP contribution in [0.4, 0.5) is 0 Å². The third-order valence-corrected chi connectivity index (χ3v) is 7.04. The van der Waals surface area contributed by atoms with Gasteiger partial charge in [-0.05, 0) is 30.9 Å². The van der Waals surface area contributed by atoms with Gasteiger partial charge >= 0.3 is 0 Å². The standard InChI is InChI=1S/C21H26N4O4S/c1-14(2)11-25-19(26)18-13-23-17(12-24-18)15-3-5-16(6-4-15)30(28)21(20(22)27)7-9-29-10-8-21/h3-6,12-14H,7-11H2,1-2H3,(H2,22,27)(H,25,26). The molecular weight excluding hydrogens is 404 g/mol. The second-order valence-corrected chi connectivity index (χ2v) is 9.45. The quantitative estimate of drug-likeness (QED) is 0.689. The normalized spacial score (nSPS) is 16.8. The molecule has 3 rings (SSSR count). The lowest BCUT2D eigenvalue weighted by Crippen LogP contribution is -2.51. The molecule has 2 amide bonds. The van der Waals surface area contributed by atoms with Crippen molar-refractivity contribution in [3.63, 3.8) is 0 Å². The van der Waals surface area contributed by atoms with Crippen LogP contribution in [-0.2, 0) is 20.3 Å². The van der Waals surface area contributed by atoms with Crippen molar-refractivity contribution in [2.45, 2.75) is 36.3 Å². The fraction of sp³-hybridized carbons (Fsp3) is 0.429. The molecule has 0 bridgehead atoms. The van der Waals surface area contributed by atoms with E-state index in [1.807, 2.05) is 13.8 Å². The summed E-state index contributed by atoms with van der Waals surface area (Å²) in [5.41, 5.74) is 7.20. The minimum atomic E-state index is -1.58. The van der Waals surface area contributed by atoms with Crippen LogP contribution in [-0.4, -0.2) is 50.5 Å². The summed E-state index contributed by atoms with van der Waals surface area (Å²) in [6, 6.07) is 6.95. The van der Waals surface area contributed by atoms with E-state index in [0.29, 0.717) is 49.1 Å². The molecule has 1 atom stereocenters. The molecule has 2 heterocycles. The molecule has 0 radical (unpaired) electrons. The van der Waals surface area contributed by atoms with Crippen LogP contribution in [0.2, 0.25) is 0 Å². The van der Waals surface area contributed by atoms with E-state index in [9.17, 15) is 13.8 Å². The van der Waals surface area contributed by atoms with E-state index in [0.717, 1.165) is 5.56 Å². The lowest BCUT2D eigenvalue weighted by Gasteiger charge is -2.33. The number of ether oxygens (including phenoxy) is 1. The van der Waals surface area contributed by atoms with Gasteiger partial charge in [-0.3, -0.25) is 18.8 Å². The maximum Gasteiger partial charge on any atom is 0.271 e. The number of hydrogen-bond acceptors (Lipinski definition) is 6. The largest absolute Gasteiger partial charge is 0.381 e. The summed E-state index contributed by atoms with van der Waals surface area (Å²) in [5, 5.41) is 2.80. The zero-order valence-electron chi connectivity index (χ0n) is 17.1. The third kappa shape index (κ3) is 4.73. The lowest BCUT2D eigenvalue weighted by atomic mass is 9.98. The fourth-order valence-corrected chi connectivity index (χ4v) is 4.74. The Morgan fingerprint density at radius 2 is 1.83 bits per heavy atom. The first-order chi connectivity index (χ1) is 14.3. The summed E-state index contributed by atoms with van der Waals surface area (Å²) in [6.07, 6.45) is 3.63. The number of amides is 2. The number of nitrogens with two attached hydrogens (primary N) is 1. The van der Waals surface area contributed by atoms with Gasteiger partial charge in [-0.15, -0.1) is 0 Å². The molecule has 0 saturated carbocycles. The van der Waals surface area contributed by atoms with E-state index in [1.165, 1.54) is 12.4 Å². The Bertz CT molecular complexity index is 923. The van der Waals surface area contributed by atoms with Crippen molar-refractivity contribution in [1.29, 1.82) is 0 Å². The molecule has 0 aliphatic carbocycles. The van der Waals surface area contributed by atoms with Gasteiger partial charge in [0.05, 0.1) is 28.9 Å². The summed E-state index contributed by atoms with van der Waals surface area (Å²) in [6.45, 7) is 5.32. The van der Waals surface area contributed by atoms with Crippen molar-refractivity contribution in [1.82, 2.24) is 15.3 Å². The highest BCUT2D eigenvalue weighted by Crippen LogP contribution is 2.32. The van der Waals surface area contributed by atoms with Gasteiger partial charge in [-0.2, -0.15) is 0 Å². The van der Waals surface area contributed by atoms with Crippen molar-refractivity contribution >= 4 is 22.6 Å². The zero-order valence-corrected chi connectivity index (χ0v) is 17.9. The number of hydrogen-bond donors (Lipinski definition) is 2. The second-order valence-electron chi connectivity index (χ2n) is 7.65. The maximum absolute atomic E-state index is 13.1. The number of rotatable bonds is 7. The van der Waals surface area contributed by atoms with Crippen LogP contribution in [0.5, 0.6) is 0 Å². The SMILES string of the molecule is CC(C)CNC(=O)c1cnc(-c2ccc(S(=O)C3(C(N)=O)CCOCC3)cc2)cn1. The first-order valence-electron chi connectivity index (χ1n) is 9.84. The van der Waals surface area contributed by atoms with Gasteiger partial charge in [0.1, 0.15) is 10.4 Å². The Morgan fingerprint density at radius 3 is 2.37 bits per heavy atom. The molecule has 0 spiro atoms. The number of carbonyl (C=O) groups is 2. The second kappa shape index (κ2) is 9.44. The minimum absolute atomic E-state index is 0.250. The van der Waals surface area contributed by atoms with Crippen LogP contribution < -0.4 is 11.1 Å². The predicted molar refractivity (Wildman–Crippen MR) is 113 cm³/mol. The monoisotopic (exact) mass is 430 g/mol. The molecule has 1 aromatic heterocycles. The van der Waals surface area contributed by atoms with Crippen molar-refractivity contribution in [2.24, 2.45) is 11.7 Å². The molecule has 9 heteroatoms. The number of nitrogens with one attached hydrogen (secondary N) is 1. The van der Waals surface area contributed by atoms with Crippen LogP contribution in [0, 0.1) is 5.92 Å². The molecule has 1 unspecified atom stereocenters. The van der Waals surface area contributed by atoms with Crippen LogP contribution in [0.25, 0.3) is 11.3 Å². The van der Waals surface area contributed by atoms with Crippen molar-refractivity contribution in [3.05, 3.63) is 42.4 Å². The highest BCUT2D eigenvalue weighted by Gasteiger charge is 2.45. The molecule has 8 nitrogen and oxygen atoms in total. The molecule has 2 aromatic rings. The Labute approximate surface area is 178 Å². The Morgan fingerprint density at radius 1 is 1.17 bits per heavy atom. The molecule has 1 aliphatic heterocycles. The van der Waals surface area contributed by atoms with Crippen molar-refractivity contribution < 1.29 is 18.5 Å². The van der Waals surface area contributed by atoms with Gasteiger partial charge in [-0.25, -0.2) is 4.98 Å². The van der Waals surface area contributed by atoms with Crippen molar-refractivity contribution in [2.75, 3.05) is 19.8 Å². The van der Waals surface area contributed by atoms with Gasteiger partial charge in [0, 0.05) is 30.2 Å². The van der Waals surface area contributed by atoms with Gasteiger partial charge in [0.25, 0.3) is 5.91 Å². The zero-order chi connectivity index (χ0) is 21.7. The summed E-state index contributed by atoms with van der Waals surface area (Å²) in [7, 11) is -1.58. The Kier molecular flexibility index (Phi) is 6.94. The van der Waals surface area contributed by atoms with Crippen LogP contribution in [0.3, 0.4) is 0 Å². The van der Waals surface area contributed by atoms with Gasteiger partial charge < -0.3 is 15.8 Å². The van der Waals surface area contributed by atoms with Gasteiger partial charge in [0.15, 0.2) is 0 Å². The van der Waals surface area contributed by atoms with Crippen LogP contribution in [0.15, 0.2) is 41.6 Å². The fourth-order valence-electron chi connectivity index (χ4n) is 3.18. The van der Waals surface area contributed by atoms with Crippen LogP contribution in [0.1, 0.15) is 37.2 Å². The van der Waals surface area contributed by atoms with E-state index in [1.54, 1.807) is 24.3 Å². The maximum atomic E-state index is 13.1. The highest BCUT2D eigenvalue weighted by atomic mass is 32.2. The lowest BCUT2D eigenvalue weighted by molar-refractivity contribution is -0.122. The summed E-state index contributed by atoms with van der Waals surface area (Å²) >= 11 is 0. The average Bonchev–Trinajstić information content (AvgIpc) is 2.77. The smallest absolute Gasteiger partial charge is 0.271 e. The number of aromatic nitrogens is 2. The molecule has 30 heavy (non-hydrogen) atoms. The van der Waals surface area contributed by atoms with Gasteiger partial charge in [0.2, 0.25) is 5.91 Å². The van der Waals surface area contributed by atoms with Crippen LogP contribution >= 0.6 is 0 Å². The number of nitrogens with zero attached hydrogens (tertiary/aromatic N) is 2. The first kappa shape index (κ1) is 22.0. The summed E-state index contributed by atoms with van der Waals surface area (Å²) < 4.78 is 17.3. The topological polar surface area (TPSA) is 124 Å². The molecule has 1 fully saturated rings. The number of primary amides is 1. The predicted octanol–water partition coefficient (Wildman–Crippen LogP) is 1.67. The van der Waals surface area contributed by atoms with Crippen molar-refractivity contribution in [3.8, 4) is 11.3 Å². The molecule has 1 aromatic carbocycles. The third-order valence-electron chi connectivity index (χ3n) is 5.02. The Balaban J connectivity index is 1.74.